The maximum Gasteiger partial charge on any atom is 0.218 e. The zero-order valence-electron chi connectivity index (χ0n) is 13.7. The molecule has 0 bridgehead atoms. The molecule has 0 spiro atoms. The molecule has 1 aromatic rings. The lowest BCUT2D eigenvalue weighted by molar-refractivity contribution is -0.122. The van der Waals surface area contributed by atoms with E-state index in [0.717, 1.165) is 0 Å². The van der Waals surface area contributed by atoms with Crippen LogP contribution in [0.5, 0.6) is 11.5 Å². The average molecular weight is 308 g/mol. The highest BCUT2D eigenvalue weighted by molar-refractivity contribution is 5.76. The molecule has 0 aliphatic carbocycles. The van der Waals surface area contributed by atoms with Crippen molar-refractivity contribution in [2.45, 2.75) is 33.9 Å². The Balaban J connectivity index is 3.01. The molecule has 2 amide bonds. The van der Waals surface area contributed by atoms with Gasteiger partial charge in [-0.3, -0.25) is 9.59 Å². The summed E-state index contributed by atoms with van der Waals surface area (Å²) in [5.41, 5.74) is 0.708. The molecule has 0 aliphatic rings. The topological polar surface area (TPSA) is 76.7 Å². The minimum absolute atomic E-state index is 0.238. The van der Waals surface area contributed by atoms with Gasteiger partial charge < -0.3 is 20.1 Å². The quantitative estimate of drug-likeness (QED) is 0.755. The largest absolute Gasteiger partial charge is 0.493 e. The van der Waals surface area contributed by atoms with Gasteiger partial charge in [-0.05, 0) is 23.6 Å². The number of methoxy groups -OCH3 is 1. The Morgan fingerprint density at radius 1 is 1.09 bits per heavy atom. The van der Waals surface area contributed by atoms with Crippen molar-refractivity contribution in [1.29, 1.82) is 0 Å². The molecule has 0 atom stereocenters. The third-order valence-electron chi connectivity index (χ3n) is 2.79. The summed E-state index contributed by atoms with van der Waals surface area (Å²) in [4.78, 5) is 22.6. The van der Waals surface area contributed by atoms with Crippen molar-refractivity contribution >= 4 is 11.8 Å². The highest BCUT2D eigenvalue weighted by Gasteiger charge is 2.16. The van der Waals surface area contributed by atoms with Gasteiger partial charge in [0, 0.05) is 13.8 Å². The SMILES string of the molecule is COc1cc(C(NC(C)=O)NC(C)=O)ccc1OCC(C)C. The summed E-state index contributed by atoms with van der Waals surface area (Å²) < 4.78 is 11.0. The van der Waals surface area contributed by atoms with E-state index in [1.54, 1.807) is 25.3 Å². The van der Waals surface area contributed by atoms with Crippen molar-refractivity contribution in [1.82, 2.24) is 10.6 Å². The Morgan fingerprint density at radius 3 is 2.14 bits per heavy atom. The van der Waals surface area contributed by atoms with Crippen LogP contribution in [0.1, 0.15) is 39.4 Å². The number of hydrogen-bond donors (Lipinski definition) is 2. The summed E-state index contributed by atoms with van der Waals surface area (Å²) >= 11 is 0. The Kier molecular flexibility index (Phi) is 6.69. The molecule has 2 N–H and O–H groups in total. The third kappa shape index (κ3) is 5.63. The van der Waals surface area contributed by atoms with Gasteiger partial charge in [0.25, 0.3) is 0 Å². The monoisotopic (exact) mass is 308 g/mol. The molecule has 0 aliphatic heterocycles. The van der Waals surface area contributed by atoms with E-state index in [-0.39, 0.29) is 11.8 Å². The second-order valence-electron chi connectivity index (χ2n) is 5.45. The molecule has 0 unspecified atom stereocenters. The lowest BCUT2D eigenvalue weighted by Crippen LogP contribution is -2.39. The average Bonchev–Trinajstić information content (AvgIpc) is 2.43. The van der Waals surface area contributed by atoms with Crippen LogP contribution >= 0.6 is 0 Å². The summed E-state index contributed by atoms with van der Waals surface area (Å²) in [6, 6.07) is 5.30. The number of rotatable bonds is 7. The molecule has 0 fully saturated rings. The third-order valence-corrected chi connectivity index (χ3v) is 2.79. The van der Waals surface area contributed by atoms with E-state index < -0.39 is 6.17 Å². The summed E-state index contributed by atoms with van der Waals surface area (Å²) in [5, 5.41) is 5.36. The number of carbonyl (C=O) groups is 2. The number of hydrogen-bond acceptors (Lipinski definition) is 4. The number of nitrogens with one attached hydrogen (secondary N) is 2. The smallest absolute Gasteiger partial charge is 0.218 e. The molecular weight excluding hydrogens is 284 g/mol. The second kappa shape index (κ2) is 8.26. The van der Waals surface area contributed by atoms with Crippen LogP contribution in [-0.4, -0.2) is 25.5 Å². The molecule has 6 nitrogen and oxygen atoms in total. The fourth-order valence-electron chi connectivity index (χ4n) is 1.85. The Bertz CT molecular complexity index is 513. The van der Waals surface area contributed by atoms with Gasteiger partial charge in [-0.1, -0.05) is 19.9 Å². The van der Waals surface area contributed by atoms with Crippen LogP contribution in [0, 0.1) is 5.92 Å². The molecule has 0 saturated heterocycles. The zero-order valence-corrected chi connectivity index (χ0v) is 13.7. The summed E-state index contributed by atoms with van der Waals surface area (Å²) in [6.07, 6.45) is -0.608. The molecule has 122 valence electrons. The molecule has 0 aromatic heterocycles. The molecular formula is C16H24N2O4. The van der Waals surface area contributed by atoms with E-state index >= 15 is 0 Å². The lowest BCUT2D eigenvalue weighted by atomic mass is 10.1. The number of amides is 2. The molecule has 6 heteroatoms. The first-order chi connectivity index (χ1) is 10.3. The second-order valence-corrected chi connectivity index (χ2v) is 5.45. The molecule has 0 radical (unpaired) electrons. The first kappa shape index (κ1) is 17.8. The van der Waals surface area contributed by atoms with Gasteiger partial charge in [-0.25, -0.2) is 0 Å². The van der Waals surface area contributed by atoms with Crippen LogP contribution in [0.15, 0.2) is 18.2 Å². The van der Waals surface area contributed by atoms with Gasteiger partial charge in [0.05, 0.1) is 13.7 Å². The zero-order chi connectivity index (χ0) is 16.7. The van der Waals surface area contributed by atoms with E-state index in [4.69, 9.17) is 9.47 Å². The number of benzene rings is 1. The minimum atomic E-state index is -0.608. The van der Waals surface area contributed by atoms with Gasteiger partial charge in [0.15, 0.2) is 11.5 Å². The first-order valence-electron chi connectivity index (χ1n) is 7.18. The predicted molar refractivity (Wildman–Crippen MR) is 83.7 cm³/mol. The van der Waals surface area contributed by atoms with E-state index in [1.807, 2.05) is 0 Å². The highest BCUT2D eigenvalue weighted by Crippen LogP contribution is 2.30. The van der Waals surface area contributed by atoms with Gasteiger partial charge in [0.2, 0.25) is 11.8 Å². The van der Waals surface area contributed by atoms with Crippen molar-refractivity contribution in [3.63, 3.8) is 0 Å². The van der Waals surface area contributed by atoms with Crippen LogP contribution < -0.4 is 20.1 Å². The van der Waals surface area contributed by atoms with Crippen molar-refractivity contribution in [2.75, 3.05) is 13.7 Å². The molecule has 22 heavy (non-hydrogen) atoms. The molecule has 0 heterocycles. The number of ether oxygens (including phenoxy) is 2. The molecule has 0 saturated carbocycles. The van der Waals surface area contributed by atoms with Crippen molar-refractivity contribution in [3.05, 3.63) is 23.8 Å². The van der Waals surface area contributed by atoms with E-state index in [0.29, 0.717) is 29.6 Å². The molecule has 1 rings (SSSR count). The first-order valence-corrected chi connectivity index (χ1v) is 7.18. The normalized spacial score (nSPS) is 10.5. The Hall–Kier alpha value is -2.24. The fourth-order valence-corrected chi connectivity index (χ4v) is 1.85. The summed E-state index contributed by atoms with van der Waals surface area (Å²) in [7, 11) is 1.55. The number of carbonyl (C=O) groups excluding carboxylic acids is 2. The van der Waals surface area contributed by atoms with Gasteiger partial charge in [-0.15, -0.1) is 0 Å². The van der Waals surface area contributed by atoms with E-state index in [2.05, 4.69) is 24.5 Å². The van der Waals surface area contributed by atoms with Gasteiger partial charge in [0.1, 0.15) is 6.17 Å². The predicted octanol–water partition coefficient (Wildman–Crippen LogP) is 2.00. The minimum Gasteiger partial charge on any atom is -0.493 e. The van der Waals surface area contributed by atoms with Crippen molar-refractivity contribution in [2.24, 2.45) is 5.92 Å². The van der Waals surface area contributed by atoms with Gasteiger partial charge >= 0.3 is 0 Å². The highest BCUT2D eigenvalue weighted by atomic mass is 16.5. The maximum atomic E-state index is 11.3. The fraction of sp³-hybridized carbons (Fsp3) is 0.500. The van der Waals surface area contributed by atoms with Crippen molar-refractivity contribution < 1.29 is 19.1 Å². The van der Waals surface area contributed by atoms with Crippen LogP contribution in [0.2, 0.25) is 0 Å². The van der Waals surface area contributed by atoms with E-state index in [1.165, 1.54) is 13.8 Å². The Morgan fingerprint density at radius 2 is 1.68 bits per heavy atom. The Labute approximate surface area is 131 Å². The van der Waals surface area contributed by atoms with Crippen LogP contribution in [0.3, 0.4) is 0 Å². The van der Waals surface area contributed by atoms with Crippen LogP contribution in [-0.2, 0) is 9.59 Å². The standard InChI is InChI=1S/C16H24N2O4/c1-10(2)9-22-14-7-6-13(8-15(14)21-5)16(17-11(3)19)18-12(4)20/h6-8,10,16H,9H2,1-5H3,(H,17,19)(H,18,20). The van der Waals surface area contributed by atoms with Crippen LogP contribution in [0.25, 0.3) is 0 Å². The molecule has 1 aromatic carbocycles. The van der Waals surface area contributed by atoms with Gasteiger partial charge in [-0.2, -0.15) is 0 Å². The van der Waals surface area contributed by atoms with Crippen molar-refractivity contribution in [3.8, 4) is 11.5 Å². The summed E-state index contributed by atoms with van der Waals surface area (Å²) in [5.74, 6) is 1.11. The lowest BCUT2D eigenvalue weighted by Gasteiger charge is -2.21. The maximum absolute atomic E-state index is 11.3. The van der Waals surface area contributed by atoms with E-state index in [9.17, 15) is 9.59 Å². The summed E-state index contributed by atoms with van der Waals surface area (Å²) in [6.45, 7) is 7.49. The van der Waals surface area contributed by atoms with Crippen LogP contribution in [0.4, 0.5) is 0 Å².